The summed E-state index contributed by atoms with van der Waals surface area (Å²) in [5.41, 5.74) is 0.918. The predicted octanol–water partition coefficient (Wildman–Crippen LogP) is 3.07. The summed E-state index contributed by atoms with van der Waals surface area (Å²) in [7, 11) is -3.65. The van der Waals surface area contributed by atoms with Crippen molar-refractivity contribution in [2.24, 2.45) is 0 Å². The van der Waals surface area contributed by atoms with Crippen LogP contribution in [-0.4, -0.2) is 64.1 Å². The van der Waals surface area contributed by atoms with Crippen molar-refractivity contribution in [1.82, 2.24) is 4.31 Å². The standard InChI is InChI=1S/C25H26N2O6S/c1-2-27(23-9-5-7-19-6-3-4-8-22(19)23)24(28)18-33-25(29)20-10-12-21(13-11-20)34(30,31)26-14-16-32-17-15-26/h3-13H,2,14-18H2,1H3. The number of esters is 1. The molecule has 0 N–H and O–H groups in total. The number of hydrogen-bond acceptors (Lipinski definition) is 6. The van der Waals surface area contributed by atoms with Crippen LogP contribution in [0, 0.1) is 0 Å². The van der Waals surface area contributed by atoms with Crippen molar-refractivity contribution in [1.29, 1.82) is 0 Å². The van der Waals surface area contributed by atoms with Gasteiger partial charge >= 0.3 is 5.97 Å². The van der Waals surface area contributed by atoms with Gasteiger partial charge in [0.1, 0.15) is 0 Å². The molecule has 0 radical (unpaired) electrons. The molecule has 0 aromatic heterocycles. The third-order valence-corrected chi connectivity index (χ3v) is 7.61. The largest absolute Gasteiger partial charge is 0.452 e. The maximum atomic E-state index is 12.9. The topological polar surface area (TPSA) is 93.2 Å². The number of carbonyl (C=O) groups is 2. The number of sulfonamides is 1. The van der Waals surface area contributed by atoms with Gasteiger partial charge in [0, 0.05) is 25.0 Å². The van der Waals surface area contributed by atoms with Crippen LogP contribution in [0.2, 0.25) is 0 Å². The van der Waals surface area contributed by atoms with Crippen LogP contribution in [0.15, 0.2) is 71.6 Å². The molecule has 0 saturated carbocycles. The van der Waals surface area contributed by atoms with Crippen molar-refractivity contribution in [3.05, 3.63) is 72.3 Å². The highest BCUT2D eigenvalue weighted by atomic mass is 32.2. The first kappa shape index (κ1) is 23.9. The molecule has 0 atom stereocenters. The zero-order chi connectivity index (χ0) is 24.1. The van der Waals surface area contributed by atoms with E-state index in [1.807, 2.05) is 49.4 Å². The molecule has 8 nitrogen and oxygen atoms in total. The lowest BCUT2D eigenvalue weighted by Gasteiger charge is -2.26. The smallest absolute Gasteiger partial charge is 0.338 e. The Morgan fingerprint density at radius 2 is 1.65 bits per heavy atom. The van der Waals surface area contributed by atoms with Gasteiger partial charge in [0.15, 0.2) is 6.61 Å². The molecule has 3 aromatic carbocycles. The van der Waals surface area contributed by atoms with Crippen LogP contribution in [-0.2, 0) is 24.3 Å². The van der Waals surface area contributed by atoms with Gasteiger partial charge in [-0.25, -0.2) is 13.2 Å². The lowest BCUT2D eigenvalue weighted by Crippen LogP contribution is -2.40. The van der Waals surface area contributed by atoms with Crippen LogP contribution in [0.5, 0.6) is 0 Å². The van der Waals surface area contributed by atoms with E-state index in [0.717, 1.165) is 16.5 Å². The van der Waals surface area contributed by atoms with E-state index in [0.29, 0.717) is 32.8 Å². The molecular weight excluding hydrogens is 456 g/mol. The Morgan fingerprint density at radius 3 is 2.35 bits per heavy atom. The molecule has 0 unspecified atom stereocenters. The second-order valence-electron chi connectivity index (χ2n) is 7.75. The minimum absolute atomic E-state index is 0.0927. The molecule has 1 saturated heterocycles. The first-order valence-electron chi connectivity index (χ1n) is 11.0. The zero-order valence-corrected chi connectivity index (χ0v) is 19.7. The third-order valence-electron chi connectivity index (χ3n) is 5.70. The summed E-state index contributed by atoms with van der Waals surface area (Å²) in [6.07, 6.45) is 0. The van der Waals surface area contributed by atoms with E-state index in [1.54, 1.807) is 4.90 Å². The molecule has 178 valence electrons. The number of hydrogen-bond donors (Lipinski definition) is 0. The van der Waals surface area contributed by atoms with E-state index >= 15 is 0 Å². The van der Waals surface area contributed by atoms with Crippen LogP contribution in [0.3, 0.4) is 0 Å². The Kier molecular flexibility index (Phi) is 7.26. The van der Waals surface area contributed by atoms with E-state index in [2.05, 4.69) is 0 Å². The van der Waals surface area contributed by atoms with E-state index < -0.39 is 22.6 Å². The normalized spacial score (nSPS) is 14.6. The minimum Gasteiger partial charge on any atom is -0.452 e. The van der Waals surface area contributed by atoms with Crippen molar-refractivity contribution in [3.63, 3.8) is 0 Å². The quantitative estimate of drug-likeness (QED) is 0.481. The van der Waals surface area contributed by atoms with Gasteiger partial charge in [-0.15, -0.1) is 0 Å². The molecule has 9 heteroatoms. The molecule has 1 aliphatic heterocycles. The maximum Gasteiger partial charge on any atom is 0.338 e. The molecule has 0 bridgehead atoms. The van der Waals surface area contributed by atoms with Crippen LogP contribution in [0.4, 0.5) is 5.69 Å². The second-order valence-corrected chi connectivity index (χ2v) is 9.69. The highest BCUT2D eigenvalue weighted by molar-refractivity contribution is 7.89. The van der Waals surface area contributed by atoms with Gasteiger partial charge in [0.2, 0.25) is 10.0 Å². The van der Waals surface area contributed by atoms with Gasteiger partial charge < -0.3 is 14.4 Å². The fourth-order valence-electron chi connectivity index (χ4n) is 3.91. The molecule has 34 heavy (non-hydrogen) atoms. The van der Waals surface area contributed by atoms with E-state index in [-0.39, 0.29) is 16.4 Å². The average molecular weight is 483 g/mol. The predicted molar refractivity (Wildman–Crippen MR) is 128 cm³/mol. The summed E-state index contributed by atoms with van der Waals surface area (Å²) in [4.78, 5) is 27.0. The van der Waals surface area contributed by atoms with Crippen LogP contribution in [0.25, 0.3) is 10.8 Å². The number of ether oxygens (including phenoxy) is 2. The maximum absolute atomic E-state index is 12.9. The fourth-order valence-corrected chi connectivity index (χ4v) is 5.32. The number of likely N-dealkylation sites (N-methyl/N-ethyl adjacent to an activating group) is 1. The van der Waals surface area contributed by atoms with Crippen molar-refractivity contribution in [2.45, 2.75) is 11.8 Å². The van der Waals surface area contributed by atoms with Crippen LogP contribution < -0.4 is 4.90 Å². The zero-order valence-electron chi connectivity index (χ0n) is 18.8. The molecule has 1 heterocycles. The van der Waals surface area contributed by atoms with Gasteiger partial charge in [-0.1, -0.05) is 36.4 Å². The minimum atomic E-state index is -3.65. The number of nitrogens with zero attached hydrogens (tertiary/aromatic N) is 2. The summed E-state index contributed by atoms with van der Waals surface area (Å²) in [5, 5.41) is 1.94. The molecule has 0 aliphatic carbocycles. The van der Waals surface area contributed by atoms with Gasteiger partial charge in [0.25, 0.3) is 5.91 Å². The van der Waals surface area contributed by atoms with Gasteiger partial charge in [-0.3, -0.25) is 4.79 Å². The first-order valence-corrected chi connectivity index (χ1v) is 12.5. The summed E-state index contributed by atoms with van der Waals surface area (Å²) in [5.74, 6) is -1.05. The molecule has 1 aliphatic rings. The molecule has 4 rings (SSSR count). The Bertz CT molecular complexity index is 1280. The number of anilines is 1. The molecule has 1 fully saturated rings. The molecule has 0 spiro atoms. The fraction of sp³-hybridized carbons (Fsp3) is 0.280. The van der Waals surface area contributed by atoms with Gasteiger partial charge in [-0.2, -0.15) is 4.31 Å². The number of benzene rings is 3. The van der Waals surface area contributed by atoms with Crippen molar-refractivity contribution in [3.8, 4) is 0 Å². The lowest BCUT2D eigenvalue weighted by molar-refractivity contribution is -0.121. The number of rotatable bonds is 7. The Morgan fingerprint density at radius 1 is 0.971 bits per heavy atom. The summed E-state index contributed by atoms with van der Waals surface area (Å²) < 4.78 is 37.2. The summed E-state index contributed by atoms with van der Waals surface area (Å²) >= 11 is 0. The Labute approximate surface area is 198 Å². The SMILES string of the molecule is CCN(C(=O)COC(=O)c1ccc(S(=O)(=O)N2CCOCC2)cc1)c1cccc2ccccc12. The van der Waals surface area contributed by atoms with E-state index in [9.17, 15) is 18.0 Å². The average Bonchev–Trinajstić information content (AvgIpc) is 2.88. The monoisotopic (exact) mass is 482 g/mol. The Hall–Kier alpha value is -3.27. The van der Waals surface area contributed by atoms with Gasteiger partial charge in [0.05, 0.1) is 29.4 Å². The van der Waals surface area contributed by atoms with Crippen LogP contribution in [0.1, 0.15) is 17.3 Å². The van der Waals surface area contributed by atoms with E-state index in [1.165, 1.54) is 28.6 Å². The highest BCUT2D eigenvalue weighted by Crippen LogP contribution is 2.27. The van der Waals surface area contributed by atoms with Crippen molar-refractivity contribution < 1.29 is 27.5 Å². The van der Waals surface area contributed by atoms with Crippen molar-refractivity contribution >= 4 is 38.4 Å². The molecule has 1 amide bonds. The summed E-state index contributed by atoms with van der Waals surface area (Å²) in [6, 6.07) is 19.0. The van der Waals surface area contributed by atoms with Crippen molar-refractivity contribution in [2.75, 3.05) is 44.4 Å². The molecule has 3 aromatic rings. The Balaban J connectivity index is 1.42. The second kappa shape index (κ2) is 10.3. The highest BCUT2D eigenvalue weighted by Gasteiger charge is 2.26. The van der Waals surface area contributed by atoms with Gasteiger partial charge in [-0.05, 0) is 42.6 Å². The van der Waals surface area contributed by atoms with Crippen LogP contribution >= 0.6 is 0 Å². The summed E-state index contributed by atoms with van der Waals surface area (Å²) in [6.45, 7) is 3.13. The van der Waals surface area contributed by atoms with E-state index in [4.69, 9.17) is 9.47 Å². The number of morpholine rings is 1. The number of carbonyl (C=O) groups excluding carboxylic acids is 2. The number of amides is 1. The third kappa shape index (κ3) is 4.96. The lowest BCUT2D eigenvalue weighted by atomic mass is 10.1. The molecular formula is C25H26N2O6S. The number of fused-ring (bicyclic) bond motifs is 1. The first-order chi connectivity index (χ1) is 16.4.